The van der Waals surface area contributed by atoms with Crippen molar-refractivity contribution in [2.24, 2.45) is 5.73 Å². The average Bonchev–Trinajstić information content (AvgIpc) is 2.96. The number of amides is 1. The van der Waals surface area contributed by atoms with Gasteiger partial charge in [-0.1, -0.05) is 12.1 Å². The number of nitrogens with two attached hydrogens (primary N) is 1. The van der Waals surface area contributed by atoms with E-state index >= 15 is 0 Å². The zero-order chi connectivity index (χ0) is 16.2. The monoisotopic (exact) mass is 316 g/mol. The molecule has 1 saturated heterocycles. The molecule has 0 spiro atoms. The number of H-pyrrole nitrogens is 1. The highest BCUT2D eigenvalue weighted by atomic mass is 16.5. The van der Waals surface area contributed by atoms with Crippen LogP contribution in [-0.4, -0.2) is 66.6 Å². The Hall–Kier alpha value is -1.89. The van der Waals surface area contributed by atoms with Crippen molar-refractivity contribution < 1.29 is 9.53 Å². The molecule has 0 unspecified atom stereocenters. The second kappa shape index (κ2) is 7.12. The zero-order valence-corrected chi connectivity index (χ0v) is 13.5. The Bertz CT molecular complexity index is 669. The molecule has 1 aromatic heterocycles. The van der Waals surface area contributed by atoms with E-state index < -0.39 is 0 Å². The number of morpholine rings is 1. The smallest absolute Gasteiger partial charge is 0.231 e. The van der Waals surface area contributed by atoms with E-state index in [1.165, 1.54) is 16.5 Å². The van der Waals surface area contributed by atoms with Crippen LogP contribution >= 0.6 is 0 Å². The summed E-state index contributed by atoms with van der Waals surface area (Å²) in [6.07, 6.45) is 2.09. The molecule has 1 aliphatic rings. The quantitative estimate of drug-likeness (QED) is 0.826. The van der Waals surface area contributed by atoms with Gasteiger partial charge in [0.15, 0.2) is 0 Å². The predicted molar refractivity (Wildman–Crippen MR) is 90.0 cm³/mol. The van der Waals surface area contributed by atoms with Crippen molar-refractivity contribution in [2.75, 3.05) is 39.8 Å². The number of primary amides is 1. The van der Waals surface area contributed by atoms with Gasteiger partial charge in [-0.2, -0.15) is 0 Å². The van der Waals surface area contributed by atoms with Crippen LogP contribution in [0.3, 0.4) is 0 Å². The number of benzene rings is 1. The molecule has 2 heterocycles. The third-order valence-corrected chi connectivity index (χ3v) is 4.24. The molecule has 124 valence electrons. The summed E-state index contributed by atoms with van der Waals surface area (Å²) in [6.45, 7) is 4.41. The van der Waals surface area contributed by atoms with Crippen LogP contribution in [0, 0.1) is 0 Å². The number of carbonyl (C=O) groups excluding carboxylic acids is 1. The molecule has 1 amide bonds. The summed E-state index contributed by atoms with van der Waals surface area (Å²) in [5.74, 6) is -0.306. The average molecular weight is 316 g/mol. The van der Waals surface area contributed by atoms with Crippen LogP contribution < -0.4 is 5.73 Å². The van der Waals surface area contributed by atoms with Crippen molar-refractivity contribution in [3.05, 3.63) is 36.0 Å². The Morgan fingerprint density at radius 2 is 2.35 bits per heavy atom. The Labute approximate surface area is 136 Å². The molecule has 1 aromatic carbocycles. The Kier molecular flexibility index (Phi) is 4.95. The molecule has 1 aliphatic heterocycles. The highest BCUT2D eigenvalue weighted by molar-refractivity contribution is 5.82. The number of fused-ring (bicyclic) bond motifs is 1. The molecular weight excluding hydrogens is 292 g/mol. The van der Waals surface area contributed by atoms with Crippen molar-refractivity contribution in [3.8, 4) is 0 Å². The third kappa shape index (κ3) is 4.10. The van der Waals surface area contributed by atoms with E-state index in [0.717, 1.165) is 26.2 Å². The number of ether oxygens (including phenoxy) is 1. The van der Waals surface area contributed by atoms with Crippen molar-refractivity contribution >= 4 is 16.8 Å². The standard InChI is InChI=1S/C17H24N4O2/c1-20(12-17(18)22)10-14-11-21(7-8-23-14)9-13-3-2-4-16-15(13)5-6-19-16/h2-6,14,19H,7-12H2,1H3,(H2,18,22)/t14-/m1/s1. The summed E-state index contributed by atoms with van der Waals surface area (Å²) < 4.78 is 5.83. The first-order chi connectivity index (χ1) is 11.1. The summed E-state index contributed by atoms with van der Waals surface area (Å²) in [5.41, 5.74) is 7.74. The lowest BCUT2D eigenvalue weighted by Gasteiger charge is -2.34. The fourth-order valence-electron chi connectivity index (χ4n) is 3.24. The van der Waals surface area contributed by atoms with Crippen molar-refractivity contribution in [1.29, 1.82) is 0 Å². The first kappa shape index (κ1) is 16.0. The van der Waals surface area contributed by atoms with Gasteiger partial charge in [-0.25, -0.2) is 0 Å². The van der Waals surface area contributed by atoms with E-state index in [9.17, 15) is 4.79 Å². The van der Waals surface area contributed by atoms with Gasteiger partial charge in [0.25, 0.3) is 0 Å². The van der Waals surface area contributed by atoms with Gasteiger partial charge >= 0.3 is 0 Å². The number of nitrogens with one attached hydrogen (secondary N) is 1. The minimum atomic E-state index is -0.306. The summed E-state index contributed by atoms with van der Waals surface area (Å²) >= 11 is 0. The van der Waals surface area contributed by atoms with Gasteiger partial charge in [0.2, 0.25) is 5.91 Å². The molecule has 0 saturated carbocycles. The SMILES string of the molecule is CN(CC(N)=O)C[C@@H]1CN(Cc2cccc3[nH]ccc23)CCO1. The van der Waals surface area contributed by atoms with E-state index in [1.807, 2.05) is 18.1 Å². The number of carbonyl (C=O) groups is 1. The molecular formula is C17H24N4O2. The number of aromatic nitrogens is 1. The van der Waals surface area contributed by atoms with Crippen molar-refractivity contribution in [1.82, 2.24) is 14.8 Å². The molecule has 2 aromatic rings. The number of likely N-dealkylation sites (N-methyl/N-ethyl adjacent to an activating group) is 1. The summed E-state index contributed by atoms with van der Waals surface area (Å²) in [4.78, 5) is 18.6. The third-order valence-electron chi connectivity index (χ3n) is 4.24. The van der Waals surface area contributed by atoms with Gasteiger partial charge in [-0.3, -0.25) is 14.6 Å². The molecule has 6 nitrogen and oxygen atoms in total. The van der Waals surface area contributed by atoms with Gasteiger partial charge in [-0.15, -0.1) is 0 Å². The topological polar surface area (TPSA) is 74.6 Å². The maximum Gasteiger partial charge on any atom is 0.231 e. The predicted octanol–water partition coefficient (Wildman–Crippen LogP) is 0.786. The molecule has 1 fully saturated rings. The van der Waals surface area contributed by atoms with Gasteiger partial charge < -0.3 is 15.5 Å². The Balaban J connectivity index is 1.60. The van der Waals surface area contributed by atoms with Crippen molar-refractivity contribution in [2.45, 2.75) is 12.6 Å². The first-order valence-electron chi connectivity index (χ1n) is 7.97. The van der Waals surface area contributed by atoms with Crippen LogP contribution in [0.2, 0.25) is 0 Å². The van der Waals surface area contributed by atoms with E-state index in [2.05, 4.69) is 34.1 Å². The maximum atomic E-state index is 11.0. The van der Waals surface area contributed by atoms with E-state index in [4.69, 9.17) is 10.5 Å². The molecule has 3 N–H and O–H groups in total. The lowest BCUT2D eigenvalue weighted by Crippen LogP contribution is -2.47. The number of rotatable bonds is 6. The second-order valence-electron chi connectivity index (χ2n) is 6.25. The molecule has 0 aliphatic carbocycles. The molecule has 0 radical (unpaired) electrons. The van der Waals surface area contributed by atoms with Gasteiger partial charge in [0, 0.05) is 43.3 Å². The van der Waals surface area contributed by atoms with Crippen LogP contribution in [-0.2, 0) is 16.1 Å². The molecule has 23 heavy (non-hydrogen) atoms. The lowest BCUT2D eigenvalue weighted by molar-refractivity contribution is -0.119. The highest BCUT2D eigenvalue weighted by Gasteiger charge is 2.22. The fraction of sp³-hybridized carbons (Fsp3) is 0.471. The molecule has 3 rings (SSSR count). The van der Waals surface area contributed by atoms with Crippen LogP contribution in [0.25, 0.3) is 10.9 Å². The van der Waals surface area contributed by atoms with E-state index in [1.54, 1.807) is 0 Å². The number of hydrogen-bond donors (Lipinski definition) is 2. The van der Waals surface area contributed by atoms with Crippen LogP contribution in [0.4, 0.5) is 0 Å². The van der Waals surface area contributed by atoms with E-state index in [0.29, 0.717) is 6.54 Å². The van der Waals surface area contributed by atoms with Gasteiger partial charge in [0.1, 0.15) is 0 Å². The largest absolute Gasteiger partial charge is 0.374 e. The number of hydrogen-bond acceptors (Lipinski definition) is 4. The summed E-state index contributed by atoms with van der Waals surface area (Å²) in [7, 11) is 1.90. The first-order valence-corrected chi connectivity index (χ1v) is 7.97. The zero-order valence-electron chi connectivity index (χ0n) is 13.5. The minimum Gasteiger partial charge on any atom is -0.374 e. The molecule has 0 bridgehead atoms. The number of nitrogens with zero attached hydrogens (tertiary/aromatic N) is 2. The highest BCUT2D eigenvalue weighted by Crippen LogP contribution is 2.20. The Morgan fingerprint density at radius 1 is 1.48 bits per heavy atom. The number of aromatic amines is 1. The van der Waals surface area contributed by atoms with E-state index in [-0.39, 0.29) is 18.6 Å². The minimum absolute atomic E-state index is 0.110. The maximum absolute atomic E-state index is 11.0. The van der Waals surface area contributed by atoms with Crippen LogP contribution in [0.1, 0.15) is 5.56 Å². The van der Waals surface area contributed by atoms with Gasteiger partial charge in [0.05, 0.1) is 19.3 Å². The van der Waals surface area contributed by atoms with Gasteiger partial charge in [-0.05, 0) is 24.7 Å². The van der Waals surface area contributed by atoms with Crippen LogP contribution in [0.15, 0.2) is 30.5 Å². The Morgan fingerprint density at radius 3 is 3.17 bits per heavy atom. The summed E-state index contributed by atoms with van der Waals surface area (Å²) in [5, 5.41) is 1.28. The normalized spacial score (nSPS) is 19.5. The fourth-order valence-corrected chi connectivity index (χ4v) is 3.24. The summed E-state index contributed by atoms with van der Waals surface area (Å²) in [6, 6.07) is 8.50. The lowest BCUT2D eigenvalue weighted by atomic mass is 10.1. The van der Waals surface area contributed by atoms with Crippen LogP contribution in [0.5, 0.6) is 0 Å². The molecule has 1 atom stereocenters. The van der Waals surface area contributed by atoms with Crippen molar-refractivity contribution in [3.63, 3.8) is 0 Å². The molecule has 6 heteroatoms. The second-order valence-corrected chi connectivity index (χ2v) is 6.25.